The van der Waals surface area contributed by atoms with Crippen molar-refractivity contribution in [1.29, 1.82) is 0 Å². The van der Waals surface area contributed by atoms with Crippen LogP contribution in [0, 0.1) is 0 Å². The summed E-state index contributed by atoms with van der Waals surface area (Å²) in [6, 6.07) is 3.11. The van der Waals surface area contributed by atoms with Gasteiger partial charge in [0.25, 0.3) is 0 Å². The highest BCUT2D eigenvalue weighted by Crippen LogP contribution is 2.19. The van der Waals surface area contributed by atoms with Gasteiger partial charge < -0.3 is 21.1 Å². The number of nitrogens with two attached hydrogens (primary N) is 1. The van der Waals surface area contributed by atoms with Crippen LogP contribution in [-0.4, -0.2) is 35.2 Å². The number of carboxylic acids is 1. The summed E-state index contributed by atoms with van der Waals surface area (Å²) in [5.41, 5.74) is 6.44. The van der Waals surface area contributed by atoms with Crippen LogP contribution in [0.1, 0.15) is 19.5 Å². The van der Waals surface area contributed by atoms with Crippen LogP contribution in [0.15, 0.2) is 18.3 Å². The van der Waals surface area contributed by atoms with Crippen molar-refractivity contribution < 1.29 is 9.90 Å². The van der Waals surface area contributed by atoms with Gasteiger partial charge in [0.1, 0.15) is 6.04 Å². The van der Waals surface area contributed by atoms with Crippen LogP contribution in [0.5, 0.6) is 0 Å². The fourth-order valence-corrected chi connectivity index (χ4v) is 1.47. The van der Waals surface area contributed by atoms with Gasteiger partial charge in [0.05, 0.1) is 0 Å². The van der Waals surface area contributed by atoms with Gasteiger partial charge in [-0.25, -0.2) is 0 Å². The number of H-pyrrole nitrogens is 1. The van der Waals surface area contributed by atoms with Crippen LogP contribution in [-0.2, 0) is 10.2 Å². The SMILES string of the molecule is CC(C)(CNCC(N)C(=O)O)c1ccc[nH]1. The van der Waals surface area contributed by atoms with Crippen molar-refractivity contribution >= 4 is 5.97 Å². The van der Waals surface area contributed by atoms with E-state index in [4.69, 9.17) is 10.8 Å². The molecule has 16 heavy (non-hydrogen) atoms. The molecule has 0 saturated carbocycles. The van der Waals surface area contributed by atoms with E-state index in [2.05, 4.69) is 24.1 Å². The average molecular weight is 225 g/mol. The lowest BCUT2D eigenvalue weighted by molar-refractivity contribution is -0.138. The molecule has 0 aliphatic rings. The quantitative estimate of drug-likeness (QED) is 0.560. The molecule has 0 aromatic carbocycles. The summed E-state index contributed by atoms with van der Waals surface area (Å²) in [6.07, 6.45) is 1.88. The van der Waals surface area contributed by atoms with E-state index >= 15 is 0 Å². The van der Waals surface area contributed by atoms with Crippen molar-refractivity contribution in [1.82, 2.24) is 10.3 Å². The molecule has 90 valence electrons. The molecule has 0 fully saturated rings. The van der Waals surface area contributed by atoms with Crippen LogP contribution < -0.4 is 11.1 Å². The Bertz CT molecular complexity index is 333. The molecule has 0 aliphatic carbocycles. The Hall–Kier alpha value is -1.33. The molecule has 0 spiro atoms. The van der Waals surface area contributed by atoms with Gasteiger partial charge in [-0.1, -0.05) is 13.8 Å². The maximum absolute atomic E-state index is 10.5. The Morgan fingerprint density at radius 1 is 1.69 bits per heavy atom. The summed E-state index contributed by atoms with van der Waals surface area (Å²) >= 11 is 0. The molecular formula is C11H19N3O2. The van der Waals surface area contributed by atoms with Crippen LogP contribution in [0.2, 0.25) is 0 Å². The highest BCUT2D eigenvalue weighted by atomic mass is 16.4. The van der Waals surface area contributed by atoms with Crippen LogP contribution in [0.3, 0.4) is 0 Å². The molecule has 1 heterocycles. The highest BCUT2D eigenvalue weighted by molar-refractivity contribution is 5.73. The van der Waals surface area contributed by atoms with E-state index in [1.165, 1.54) is 0 Å². The fraction of sp³-hybridized carbons (Fsp3) is 0.545. The van der Waals surface area contributed by atoms with Crippen molar-refractivity contribution in [2.75, 3.05) is 13.1 Å². The lowest BCUT2D eigenvalue weighted by atomic mass is 9.89. The van der Waals surface area contributed by atoms with Gasteiger partial charge in [0, 0.05) is 30.4 Å². The molecule has 1 rings (SSSR count). The van der Waals surface area contributed by atoms with E-state index in [0.717, 1.165) is 5.69 Å². The standard InChI is InChI=1S/C11H19N3O2/c1-11(2,9-4-3-5-14-9)7-13-6-8(12)10(15)16/h3-5,8,13-14H,6-7,12H2,1-2H3,(H,15,16). The van der Waals surface area contributed by atoms with Crippen LogP contribution in [0.25, 0.3) is 0 Å². The minimum absolute atomic E-state index is 0.0677. The Balaban J connectivity index is 2.40. The molecule has 0 saturated heterocycles. The van der Waals surface area contributed by atoms with Gasteiger partial charge in [-0.05, 0) is 12.1 Å². The maximum atomic E-state index is 10.5. The second kappa shape index (κ2) is 5.14. The second-order valence-corrected chi connectivity index (χ2v) is 4.54. The Morgan fingerprint density at radius 2 is 2.38 bits per heavy atom. The van der Waals surface area contributed by atoms with Crippen molar-refractivity contribution in [3.63, 3.8) is 0 Å². The molecule has 1 aromatic rings. The topological polar surface area (TPSA) is 91.1 Å². The van der Waals surface area contributed by atoms with Crippen molar-refractivity contribution in [2.24, 2.45) is 5.73 Å². The van der Waals surface area contributed by atoms with E-state index in [0.29, 0.717) is 6.54 Å². The number of nitrogens with one attached hydrogen (secondary N) is 2. The molecule has 0 bridgehead atoms. The van der Waals surface area contributed by atoms with Crippen LogP contribution in [0.4, 0.5) is 0 Å². The fourth-order valence-electron chi connectivity index (χ4n) is 1.47. The number of aliphatic carboxylic acids is 1. The van der Waals surface area contributed by atoms with Crippen LogP contribution >= 0.6 is 0 Å². The summed E-state index contributed by atoms with van der Waals surface area (Å²) < 4.78 is 0. The first kappa shape index (κ1) is 12.7. The molecule has 5 N–H and O–H groups in total. The zero-order chi connectivity index (χ0) is 12.2. The zero-order valence-corrected chi connectivity index (χ0v) is 9.66. The van der Waals surface area contributed by atoms with Gasteiger partial charge in [-0.2, -0.15) is 0 Å². The second-order valence-electron chi connectivity index (χ2n) is 4.54. The first-order valence-electron chi connectivity index (χ1n) is 5.26. The monoisotopic (exact) mass is 225 g/mol. The summed E-state index contributed by atoms with van der Waals surface area (Å²) in [4.78, 5) is 13.7. The zero-order valence-electron chi connectivity index (χ0n) is 9.66. The van der Waals surface area contributed by atoms with Crippen molar-refractivity contribution in [2.45, 2.75) is 25.3 Å². The van der Waals surface area contributed by atoms with Gasteiger partial charge >= 0.3 is 5.97 Å². The first-order chi connectivity index (χ1) is 7.43. The smallest absolute Gasteiger partial charge is 0.321 e. The first-order valence-corrected chi connectivity index (χ1v) is 5.26. The van der Waals surface area contributed by atoms with Gasteiger partial charge in [0.2, 0.25) is 0 Å². The van der Waals surface area contributed by atoms with Gasteiger partial charge in [-0.15, -0.1) is 0 Å². The third-order valence-electron chi connectivity index (χ3n) is 2.58. The lowest BCUT2D eigenvalue weighted by Crippen LogP contribution is -2.44. The largest absolute Gasteiger partial charge is 0.480 e. The van der Waals surface area contributed by atoms with Gasteiger partial charge in [-0.3, -0.25) is 4.79 Å². The van der Waals surface area contributed by atoms with Crippen molar-refractivity contribution in [3.05, 3.63) is 24.0 Å². The highest BCUT2D eigenvalue weighted by Gasteiger charge is 2.21. The molecule has 1 unspecified atom stereocenters. The molecule has 1 atom stereocenters. The van der Waals surface area contributed by atoms with E-state index < -0.39 is 12.0 Å². The van der Waals surface area contributed by atoms with E-state index in [9.17, 15) is 4.79 Å². The molecule has 5 heteroatoms. The van der Waals surface area contributed by atoms with Crippen molar-refractivity contribution in [3.8, 4) is 0 Å². The number of rotatable bonds is 6. The predicted octanol–water partition coefficient (Wildman–Crippen LogP) is 0.294. The molecule has 0 radical (unpaired) electrons. The molecular weight excluding hydrogens is 206 g/mol. The third-order valence-corrected chi connectivity index (χ3v) is 2.58. The third kappa shape index (κ3) is 3.36. The number of carbonyl (C=O) groups is 1. The summed E-state index contributed by atoms with van der Waals surface area (Å²) in [5, 5.41) is 11.7. The average Bonchev–Trinajstić information content (AvgIpc) is 2.70. The summed E-state index contributed by atoms with van der Waals surface area (Å²) in [7, 11) is 0. The normalized spacial score (nSPS) is 13.7. The predicted molar refractivity (Wildman–Crippen MR) is 62.3 cm³/mol. The molecule has 5 nitrogen and oxygen atoms in total. The Kier molecular flexibility index (Phi) is 4.09. The molecule has 0 amide bonds. The van der Waals surface area contributed by atoms with E-state index in [1.54, 1.807) is 0 Å². The number of carboxylic acid groups (broad SMARTS) is 1. The van der Waals surface area contributed by atoms with Gasteiger partial charge in [0.15, 0.2) is 0 Å². The minimum atomic E-state index is -0.981. The van der Waals surface area contributed by atoms with E-state index in [1.807, 2.05) is 18.3 Å². The number of hydrogen-bond donors (Lipinski definition) is 4. The number of aromatic nitrogens is 1. The molecule has 0 aliphatic heterocycles. The Labute approximate surface area is 95.0 Å². The molecule has 1 aromatic heterocycles. The number of aromatic amines is 1. The summed E-state index contributed by atoms with van der Waals surface area (Å²) in [5.74, 6) is -0.981. The lowest BCUT2D eigenvalue weighted by Gasteiger charge is -2.24. The minimum Gasteiger partial charge on any atom is -0.480 e. The van der Waals surface area contributed by atoms with E-state index in [-0.39, 0.29) is 12.0 Å². The Morgan fingerprint density at radius 3 is 2.88 bits per heavy atom. The summed E-state index contributed by atoms with van der Waals surface area (Å²) in [6.45, 7) is 5.12. The maximum Gasteiger partial charge on any atom is 0.321 e. The number of hydrogen-bond acceptors (Lipinski definition) is 3.